The summed E-state index contributed by atoms with van der Waals surface area (Å²) in [6.07, 6.45) is 0. The summed E-state index contributed by atoms with van der Waals surface area (Å²) in [6.45, 7) is 0. The van der Waals surface area contributed by atoms with Gasteiger partial charge in [0.2, 0.25) is 0 Å². The highest BCUT2D eigenvalue weighted by Gasteiger charge is 2.21. The van der Waals surface area contributed by atoms with E-state index in [1.54, 1.807) is 0 Å². The van der Waals surface area contributed by atoms with Crippen LogP contribution >= 0.6 is 11.3 Å². The smallest absolute Gasteiger partial charge is 0.166 e. The summed E-state index contributed by atoms with van der Waals surface area (Å²) in [5.41, 5.74) is 12.7. The Morgan fingerprint density at radius 1 is 0.288 bits per heavy atom. The van der Waals surface area contributed by atoms with E-state index in [1.165, 1.54) is 41.7 Å². The number of nitrogens with zero attached hydrogens (tertiary/aromatic N) is 4. The van der Waals surface area contributed by atoms with Crippen LogP contribution in [0.1, 0.15) is 0 Å². The molecular formula is C61H38N4S. The average Bonchev–Trinajstić information content (AvgIpc) is 3.94. The molecule has 0 aliphatic carbocycles. The summed E-state index contributed by atoms with van der Waals surface area (Å²) in [5, 5.41) is 7.35. The van der Waals surface area contributed by atoms with Gasteiger partial charge in [0.15, 0.2) is 17.5 Å². The molecule has 308 valence electrons. The van der Waals surface area contributed by atoms with Crippen LogP contribution < -0.4 is 0 Å². The summed E-state index contributed by atoms with van der Waals surface area (Å²) < 4.78 is 4.96. The molecule has 0 aliphatic heterocycles. The van der Waals surface area contributed by atoms with Crippen molar-refractivity contribution in [2.24, 2.45) is 0 Å². The van der Waals surface area contributed by atoms with E-state index in [0.29, 0.717) is 17.5 Å². The molecule has 0 amide bonds. The van der Waals surface area contributed by atoms with Gasteiger partial charge in [0, 0.05) is 47.6 Å². The highest BCUT2D eigenvalue weighted by atomic mass is 32.1. The molecule has 0 atom stereocenters. The molecule has 0 N–H and O–H groups in total. The molecule has 3 heterocycles. The molecule has 66 heavy (non-hydrogen) atoms. The Kier molecular flexibility index (Phi) is 9.00. The zero-order valence-corrected chi connectivity index (χ0v) is 36.5. The zero-order valence-electron chi connectivity index (χ0n) is 35.6. The van der Waals surface area contributed by atoms with Crippen molar-refractivity contribution >= 4 is 64.1 Å². The van der Waals surface area contributed by atoms with Gasteiger partial charge in [-0.05, 0) is 105 Å². The molecule has 0 unspecified atom stereocenters. The maximum Gasteiger partial charge on any atom is 0.166 e. The fourth-order valence-electron chi connectivity index (χ4n) is 9.60. The summed E-state index contributed by atoms with van der Waals surface area (Å²) in [5.74, 6) is 1.81. The predicted molar refractivity (Wildman–Crippen MR) is 277 cm³/mol. The lowest BCUT2D eigenvalue weighted by molar-refractivity contribution is 1.06. The first-order valence-electron chi connectivity index (χ1n) is 22.2. The van der Waals surface area contributed by atoms with Crippen molar-refractivity contribution in [1.29, 1.82) is 0 Å². The van der Waals surface area contributed by atoms with E-state index in [4.69, 9.17) is 15.0 Å². The minimum absolute atomic E-state index is 0.596. The molecule has 0 saturated carbocycles. The lowest BCUT2D eigenvalue weighted by Crippen LogP contribution is -2.04. The van der Waals surface area contributed by atoms with Crippen molar-refractivity contribution in [2.45, 2.75) is 0 Å². The quantitative estimate of drug-likeness (QED) is 0.160. The molecule has 4 nitrogen and oxygen atoms in total. The van der Waals surface area contributed by atoms with Gasteiger partial charge in [0.05, 0.1) is 16.7 Å². The molecular weight excluding hydrogens is 821 g/mol. The third-order valence-electron chi connectivity index (χ3n) is 12.8. The van der Waals surface area contributed by atoms with Gasteiger partial charge in [0.25, 0.3) is 0 Å². The standard InChI is InChI=1S/C61H38N4S/c1-2-14-39(15-3-1)46-30-32-52(56(38-46)65-54-25-9-6-22-49(54)50-23-7-10-26-55(50)65)61-63-59(47-20-12-18-42(35-47)44-29-28-40-16-4-5-17-41(40)34-44)62-60(64-61)48-21-13-19-43(36-48)45-31-33-58-53(37-45)51-24-8-11-27-57(51)66-58/h1-38H. The highest BCUT2D eigenvalue weighted by molar-refractivity contribution is 7.25. The molecule has 0 saturated heterocycles. The van der Waals surface area contributed by atoms with Crippen LogP contribution in [0.15, 0.2) is 231 Å². The van der Waals surface area contributed by atoms with Gasteiger partial charge in [-0.2, -0.15) is 0 Å². The highest BCUT2D eigenvalue weighted by Crippen LogP contribution is 2.40. The number of hydrogen-bond donors (Lipinski definition) is 0. The lowest BCUT2D eigenvalue weighted by atomic mass is 9.99. The summed E-state index contributed by atoms with van der Waals surface area (Å²) in [7, 11) is 0. The molecule has 5 heteroatoms. The summed E-state index contributed by atoms with van der Waals surface area (Å²) in [6, 6.07) is 82.3. The Bertz CT molecular complexity index is 3960. The Balaban J connectivity index is 1.03. The van der Waals surface area contributed by atoms with Crippen molar-refractivity contribution in [2.75, 3.05) is 0 Å². The molecule has 0 radical (unpaired) electrons. The number of benzene rings is 10. The zero-order chi connectivity index (χ0) is 43.6. The van der Waals surface area contributed by atoms with Gasteiger partial charge in [0.1, 0.15) is 0 Å². The van der Waals surface area contributed by atoms with Crippen LogP contribution in [0.5, 0.6) is 0 Å². The Morgan fingerprint density at radius 2 is 0.788 bits per heavy atom. The molecule has 0 bridgehead atoms. The molecule has 10 aromatic carbocycles. The van der Waals surface area contributed by atoms with E-state index in [9.17, 15) is 0 Å². The third-order valence-corrected chi connectivity index (χ3v) is 14.0. The van der Waals surface area contributed by atoms with Crippen LogP contribution in [-0.2, 0) is 0 Å². The average molecular weight is 859 g/mol. The Hall–Kier alpha value is -8.51. The minimum atomic E-state index is 0.596. The van der Waals surface area contributed by atoms with Crippen molar-refractivity contribution in [3.05, 3.63) is 231 Å². The second-order valence-corrected chi connectivity index (χ2v) is 17.9. The number of para-hydroxylation sites is 2. The third kappa shape index (κ3) is 6.56. The van der Waals surface area contributed by atoms with E-state index in [2.05, 4.69) is 235 Å². The van der Waals surface area contributed by atoms with Gasteiger partial charge in [-0.1, -0.05) is 170 Å². The first-order valence-corrected chi connectivity index (χ1v) is 23.1. The molecule has 13 aromatic rings. The number of aromatic nitrogens is 4. The molecule has 0 spiro atoms. The van der Waals surface area contributed by atoms with Crippen LogP contribution in [0, 0.1) is 0 Å². The van der Waals surface area contributed by atoms with Gasteiger partial charge < -0.3 is 4.57 Å². The van der Waals surface area contributed by atoms with Crippen molar-refractivity contribution in [3.63, 3.8) is 0 Å². The number of thiophene rings is 1. The Labute approximate surface area is 385 Å². The maximum absolute atomic E-state index is 5.43. The second-order valence-electron chi connectivity index (χ2n) is 16.8. The number of fused-ring (bicyclic) bond motifs is 7. The largest absolute Gasteiger partial charge is 0.308 e. The van der Waals surface area contributed by atoms with Crippen LogP contribution in [0.25, 0.3) is 126 Å². The van der Waals surface area contributed by atoms with Crippen LogP contribution in [-0.4, -0.2) is 19.5 Å². The topological polar surface area (TPSA) is 43.6 Å². The SMILES string of the molecule is c1ccc(-c2ccc(-c3nc(-c4cccc(-c5ccc6ccccc6c5)c4)nc(-c4cccc(-c5ccc6sc7ccccc7c6c5)c4)n3)c(-n3c4ccccc4c4ccccc43)c2)cc1. The summed E-state index contributed by atoms with van der Waals surface area (Å²) in [4.78, 5) is 16.2. The summed E-state index contributed by atoms with van der Waals surface area (Å²) >= 11 is 1.84. The molecule has 3 aromatic heterocycles. The fourth-order valence-corrected chi connectivity index (χ4v) is 10.7. The molecule has 13 rings (SSSR count). The van der Waals surface area contributed by atoms with Crippen LogP contribution in [0.4, 0.5) is 0 Å². The number of hydrogen-bond acceptors (Lipinski definition) is 4. The second kappa shape index (κ2) is 15.6. The van der Waals surface area contributed by atoms with E-state index in [-0.39, 0.29) is 0 Å². The van der Waals surface area contributed by atoms with Gasteiger partial charge >= 0.3 is 0 Å². The maximum atomic E-state index is 5.43. The molecule has 0 fully saturated rings. The van der Waals surface area contributed by atoms with E-state index < -0.39 is 0 Å². The van der Waals surface area contributed by atoms with Crippen LogP contribution in [0.2, 0.25) is 0 Å². The molecule has 0 aliphatic rings. The van der Waals surface area contributed by atoms with Gasteiger partial charge in [-0.15, -0.1) is 11.3 Å². The van der Waals surface area contributed by atoms with Gasteiger partial charge in [-0.3, -0.25) is 0 Å². The van der Waals surface area contributed by atoms with Crippen molar-refractivity contribution in [3.8, 4) is 73.2 Å². The Morgan fingerprint density at radius 3 is 1.52 bits per heavy atom. The van der Waals surface area contributed by atoms with E-state index >= 15 is 0 Å². The first kappa shape index (κ1) is 38.0. The van der Waals surface area contributed by atoms with Crippen molar-refractivity contribution in [1.82, 2.24) is 19.5 Å². The van der Waals surface area contributed by atoms with Gasteiger partial charge in [-0.25, -0.2) is 15.0 Å². The first-order chi connectivity index (χ1) is 32.7. The van der Waals surface area contributed by atoms with E-state index in [1.807, 2.05) is 11.3 Å². The van der Waals surface area contributed by atoms with E-state index in [0.717, 1.165) is 66.8 Å². The monoisotopic (exact) mass is 858 g/mol. The number of rotatable bonds is 7. The fraction of sp³-hybridized carbons (Fsp3) is 0. The van der Waals surface area contributed by atoms with Crippen molar-refractivity contribution < 1.29 is 0 Å². The predicted octanol–water partition coefficient (Wildman–Crippen LogP) is 16.5. The minimum Gasteiger partial charge on any atom is -0.308 e. The lowest BCUT2D eigenvalue weighted by Gasteiger charge is -2.17. The van der Waals surface area contributed by atoms with Crippen LogP contribution in [0.3, 0.4) is 0 Å². The normalized spacial score (nSPS) is 11.6.